The summed E-state index contributed by atoms with van der Waals surface area (Å²) in [6, 6.07) is 7.89. The van der Waals surface area contributed by atoms with E-state index in [4.69, 9.17) is 9.47 Å². The van der Waals surface area contributed by atoms with Crippen molar-refractivity contribution in [2.24, 2.45) is 5.10 Å². The largest absolute Gasteiger partial charge is 0.502 e. The summed E-state index contributed by atoms with van der Waals surface area (Å²) in [4.78, 5) is 29.5. The molecule has 2 aromatic carbocycles. The number of amides is 1. The Kier molecular flexibility index (Phi) is 5.09. The van der Waals surface area contributed by atoms with Gasteiger partial charge in [-0.1, -0.05) is 0 Å². The van der Waals surface area contributed by atoms with E-state index in [2.05, 4.69) is 15.5 Å². The number of rotatable bonds is 5. The summed E-state index contributed by atoms with van der Waals surface area (Å²) in [7, 11) is 2.85. The first kappa shape index (κ1) is 19.4. The topological polar surface area (TPSA) is 115 Å². The number of carbonyl (C=O) groups excluding carboxylic acids is 1. The fraction of sp³-hybridized carbons (Fsp3) is 0.238. The Morgan fingerprint density at radius 1 is 1.23 bits per heavy atom. The van der Waals surface area contributed by atoms with Crippen molar-refractivity contribution in [2.75, 3.05) is 14.2 Å². The monoisotopic (exact) mass is 408 g/mol. The van der Waals surface area contributed by atoms with Crippen molar-refractivity contribution in [1.29, 1.82) is 0 Å². The van der Waals surface area contributed by atoms with Gasteiger partial charge in [0.2, 0.25) is 5.75 Å². The number of aryl methyl sites for hydroxylation is 1. The number of nitrogens with zero attached hydrogens (tertiary/aromatic N) is 3. The number of fused-ring (bicyclic) bond motifs is 2. The van der Waals surface area contributed by atoms with Crippen LogP contribution in [0, 0.1) is 0 Å². The second-order valence-electron chi connectivity index (χ2n) is 6.79. The van der Waals surface area contributed by atoms with Crippen molar-refractivity contribution >= 4 is 23.0 Å². The second-order valence-corrected chi connectivity index (χ2v) is 6.79. The van der Waals surface area contributed by atoms with E-state index >= 15 is 0 Å². The fourth-order valence-electron chi connectivity index (χ4n) is 3.44. The van der Waals surface area contributed by atoms with Crippen molar-refractivity contribution in [3.8, 4) is 17.2 Å². The highest BCUT2D eigenvalue weighted by atomic mass is 16.5. The average Bonchev–Trinajstić information content (AvgIpc) is 3.23. The Morgan fingerprint density at radius 3 is 2.67 bits per heavy atom. The Labute approximate surface area is 171 Å². The van der Waals surface area contributed by atoms with Crippen LogP contribution in [-0.2, 0) is 13.0 Å². The van der Waals surface area contributed by atoms with Crippen LogP contribution in [0.25, 0.3) is 10.9 Å². The molecule has 1 amide bonds. The van der Waals surface area contributed by atoms with E-state index in [1.165, 1.54) is 20.4 Å². The van der Waals surface area contributed by atoms with Crippen LogP contribution in [0.15, 0.2) is 40.2 Å². The third kappa shape index (κ3) is 3.45. The van der Waals surface area contributed by atoms with Crippen molar-refractivity contribution in [3.05, 3.63) is 57.6 Å². The van der Waals surface area contributed by atoms with Crippen LogP contribution in [0.1, 0.15) is 28.2 Å². The lowest BCUT2D eigenvalue weighted by atomic mass is 10.1. The first-order valence-corrected chi connectivity index (χ1v) is 9.33. The van der Waals surface area contributed by atoms with Crippen LogP contribution in [-0.4, -0.2) is 41.0 Å². The third-order valence-corrected chi connectivity index (χ3v) is 4.96. The molecule has 1 aliphatic rings. The van der Waals surface area contributed by atoms with Crippen molar-refractivity contribution in [1.82, 2.24) is 15.0 Å². The maximum atomic E-state index is 12.5. The van der Waals surface area contributed by atoms with E-state index in [-0.39, 0.29) is 22.8 Å². The number of aromatic hydroxyl groups is 1. The lowest BCUT2D eigenvalue weighted by Crippen LogP contribution is -2.22. The smallest absolute Gasteiger partial charge is 0.271 e. The second kappa shape index (κ2) is 7.86. The molecule has 154 valence electrons. The lowest BCUT2D eigenvalue weighted by molar-refractivity contribution is 0.0955. The SMILES string of the molecule is COc1cc(/C=N/NC(=O)c2ccc3c(=O)n4c(nc3c2)CCC4)cc(OC)c1O. The van der Waals surface area contributed by atoms with Gasteiger partial charge in [0.1, 0.15) is 5.82 Å². The molecule has 9 nitrogen and oxygen atoms in total. The lowest BCUT2D eigenvalue weighted by Gasteiger charge is -2.09. The molecule has 0 radical (unpaired) electrons. The minimum atomic E-state index is -0.437. The average molecular weight is 408 g/mol. The molecule has 1 aliphatic heterocycles. The third-order valence-electron chi connectivity index (χ3n) is 4.96. The summed E-state index contributed by atoms with van der Waals surface area (Å²) in [5.74, 6) is 0.641. The maximum Gasteiger partial charge on any atom is 0.271 e. The van der Waals surface area contributed by atoms with Crippen LogP contribution in [0.5, 0.6) is 17.2 Å². The molecule has 0 spiro atoms. The molecule has 0 bridgehead atoms. The summed E-state index contributed by atoms with van der Waals surface area (Å²) in [5.41, 5.74) is 3.77. The first-order valence-electron chi connectivity index (χ1n) is 9.33. The molecule has 9 heteroatoms. The number of methoxy groups -OCH3 is 2. The Bertz CT molecular complexity index is 1210. The Morgan fingerprint density at radius 2 is 1.97 bits per heavy atom. The highest BCUT2D eigenvalue weighted by Gasteiger charge is 2.17. The fourth-order valence-corrected chi connectivity index (χ4v) is 3.44. The van der Waals surface area contributed by atoms with Crippen molar-refractivity contribution < 1.29 is 19.4 Å². The van der Waals surface area contributed by atoms with E-state index < -0.39 is 5.91 Å². The van der Waals surface area contributed by atoms with Gasteiger partial charge in [-0.3, -0.25) is 14.2 Å². The molecule has 0 saturated heterocycles. The van der Waals surface area contributed by atoms with Crippen LogP contribution in [0.2, 0.25) is 0 Å². The molecule has 2 heterocycles. The van der Waals surface area contributed by atoms with Gasteiger partial charge in [-0.15, -0.1) is 0 Å². The summed E-state index contributed by atoms with van der Waals surface area (Å²) in [5, 5.41) is 14.4. The molecule has 2 N–H and O–H groups in total. The highest BCUT2D eigenvalue weighted by Crippen LogP contribution is 2.36. The van der Waals surface area contributed by atoms with Gasteiger partial charge in [0.15, 0.2) is 11.5 Å². The molecule has 4 rings (SSSR count). The number of hydrazone groups is 1. The zero-order chi connectivity index (χ0) is 21.3. The summed E-state index contributed by atoms with van der Waals surface area (Å²) in [6.45, 7) is 0.681. The van der Waals surface area contributed by atoms with Gasteiger partial charge in [-0.2, -0.15) is 5.10 Å². The molecule has 0 unspecified atom stereocenters. The maximum absolute atomic E-state index is 12.5. The number of ether oxygens (including phenoxy) is 2. The van der Waals surface area contributed by atoms with Crippen LogP contribution in [0.4, 0.5) is 0 Å². The van der Waals surface area contributed by atoms with Crippen LogP contribution < -0.4 is 20.5 Å². The van der Waals surface area contributed by atoms with Gasteiger partial charge >= 0.3 is 0 Å². The number of phenols is 1. The molecule has 1 aromatic heterocycles. The number of benzene rings is 2. The molecule has 0 fully saturated rings. The standard InChI is InChI=1S/C21H20N4O5/c1-29-16-8-12(9-17(30-2)19(16)26)11-22-24-20(27)13-5-6-14-15(10-13)23-18-4-3-7-25(18)21(14)28/h5-6,8-11,26H,3-4,7H2,1-2H3,(H,24,27)/b22-11+. The van der Waals surface area contributed by atoms with Gasteiger partial charge in [-0.05, 0) is 36.8 Å². The van der Waals surface area contributed by atoms with Gasteiger partial charge in [0.05, 0.1) is 31.3 Å². The number of phenolic OH excluding ortho intramolecular Hbond substituents is 1. The zero-order valence-electron chi connectivity index (χ0n) is 16.5. The Hall–Kier alpha value is -3.88. The van der Waals surface area contributed by atoms with Crippen LogP contribution in [0.3, 0.4) is 0 Å². The van der Waals surface area contributed by atoms with Crippen molar-refractivity contribution in [2.45, 2.75) is 19.4 Å². The first-order chi connectivity index (χ1) is 14.5. The van der Waals surface area contributed by atoms with Gasteiger partial charge in [0, 0.05) is 24.1 Å². The summed E-state index contributed by atoms with van der Waals surface area (Å²) in [6.07, 6.45) is 3.06. The van der Waals surface area contributed by atoms with E-state index in [9.17, 15) is 14.7 Å². The molecule has 3 aromatic rings. The molecular weight excluding hydrogens is 388 g/mol. The summed E-state index contributed by atoms with van der Waals surface area (Å²) < 4.78 is 11.9. The van der Waals surface area contributed by atoms with E-state index in [0.717, 1.165) is 18.7 Å². The molecule has 30 heavy (non-hydrogen) atoms. The van der Waals surface area contributed by atoms with Gasteiger partial charge in [-0.25, -0.2) is 10.4 Å². The quantitative estimate of drug-likeness (QED) is 0.492. The Balaban J connectivity index is 1.55. The number of aromatic nitrogens is 2. The summed E-state index contributed by atoms with van der Waals surface area (Å²) >= 11 is 0. The zero-order valence-corrected chi connectivity index (χ0v) is 16.5. The van der Waals surface area contributed by atoms with E-state index in [1.54, 1.807) is 34.9 Å². The predicted molar refractivity (Wildman–Crippen MR) is 111 cm³/mol. The molecular formula is C21H20N4O5. The minimum Gasteiger partial charge on any atom is -0.502 e. The molecule has 0 atom stereocenters. The molecule has 0 aliphatic carbocycles. The number of hydrogen-bond donors (Lipinski definition) is 2. The number of carbonyl (C=O) groups is 1. The highest BCUT2D eigenvalue weighted by molar-refractivity contribution is 5.98. The van der Waals surface area contributed by atoms with Gasteiger partial charge in [0.25, 0.3) is 11.5 Å². The number of nitrogens with one attached hydrogen (secondary N) is 1. The predicted octanol–water partition coefficient (Wildman–Crippen LogP) is 1.83. The van der Waals surface area contributed by atoms with Gasteiger partial charge < -0.3 is 14.6 Å². The molecule has 0 saturated carbocycles. The van der Waals surface area contributed by atoms with E-state index in [0.29, 0.717) is 28.6 Å². The van der Waals surface area contributed by atoms with Crippen molar-refractivity contribution in [3.63, 3.8) is 0 Å². The normalized spacial score (nSPS) is 12.9. The van der Waals surface area contributed by atoms with Crippen LogP contribution >= 0.6 is 0 Å². The number of hydrogen-bond acceptors (Lipinski definition) is 7. The minimum absolute atomic E-state index is 0.0762. The van der Waals surface area contributed by atoms with E-state index in [1.807, 2.05) is 0 Å².